The molecule has 0 radical (unpaired) electrons. The molecular formula is C45H90N2O4. The zero-order valence-electron chi connectivity index (χ0n) is 35.4. The number of carbonyl (C=O) groups excluding carboxylic acids is 2. The molecule has 0 aromatic carbocycles. The highest BCUT2D eigenvalue weighted by atomic mass is 16.5. The number of hydrogen-bond donors (Lipinski definition) is 0. The Labute approximate surface area is 319 Å². The summed E-state index contributed by atoms with van der Waals surface area (Å²) >= 11 is 0. The third-order valence-electron chi connectivity index (χ3n) is 10.3. The Bertz CT molecular complexity index is 692. The van der Waals surface area contributed by atoms with E-state index in [1.54, 1.807) is 0 Å². The lowest BCUT2D eigenvalue weighted by Gasteiger charge is -2.31. The van der Waals surface area contributed by atoms with Crippen LogP contribution in [0.1, 0.15) is 227 Å². The van der Waals surface area contributed by atoms with Crippen LogP contribution >= 0.6 is 0 Å². The minimum Gasteiger partial charge on any atom is -0.461 e. The standard InChI is InChI=1S/C45H90N2O4/c1-7-11-15-19-23-27-31-36-44(48)50-42(34-29-25-21-17-13-9-3)40-47(39-33-38-46(5)6)41-43(35-30-26-22-18-14-10-4)51-45(49)37-32-28-24-20-16-12-8-2/h42-43H,7-41H2,1-6H3. The molecule has 6 heteroatoms. The molecule has 0 rings (SSSR count). The van der Waals surface area contributed by atoms with Gasteiger partial charge in [-0.15, -0.1) is 0 Å². The number of rotatable bonds is 40. The van der Waals surface area contributed by atoms with Crippen molar-refractivity contribution in [3.05, 3.63) is 0 Å². The smallest absolute Gasteiger partial charge is 0.306 e. The van der Waals surface area contributed by atoms with Crippen LogP contribution in [0.3, 0.4) is 0 Å². The maximum Gasteiger partial charge on any atom is 0.306 e. The molecule has 304 valence electrons. The summed E-state index contributed by atoms with van der Waals surface area (Å²) in [5.41, 5.74) is 0. The van der Waals surface area contributed by atoms with E-state index >= 15 is 0 Å². The lowest BCUT2D eigenvalue weighted by Crippen LogP contribution is -2.42. The van der Waals surface area contributed by atoms with E-state index in [9.17, 15) is 9.59 Å². The summed E-state index contributed by atoms with van der Waals surface area (Å²) in [7, 11) is 4.26. The number of esters is 2. The first kappa shape index (κ1) is 49.9. The average Bonchev–Trinajstić information content (AvgIpc) is 3.10. The largest absolute Gasteiger partial charge is 0.461 e. The van der Waals surface area contributed by atoms with Gasteiger partial charge in [0.15, 0.2) is 0 Å². The van der Waals surface area contributed by atoms with E-state index in [-0.39, 0.29) is 24.1 Å². The highest BCUT2D eigenvalue weighted by Gasteiger charge is 2.23. The Morgan fingerprint density at radius 1 is 0.412 bits per heavy atom. The molecule has 0 heterocycles. The van der Waals surface area contributed by atoms with Crippen molar-refractivity contribution in [3.8, 4) is 0 Å². The first-order valence-corrected chi connectivity index (χ1v) is 22.6. The van der Waals surface area contributed by atoms with Crippen LogP contribution in [0.2, 0.25) is 0 Å². The molecule has 0 saturated carbocycles. The Kier molecular flexibility index (Phi) is 37.7. The Hall–Kier alpha value is -1.14. The molecule has 0 amide bonds. The van der Waals surface area contributed by atoms with Gasteiger partial charge in [-0.25, -0.2) is 0 Å². The second kappa shape index (κ2) is 38.6. The number of carbonyl (C=O) groups is 2. The molecule has 0 bridgehead atoms. The minimum absolute atomic E-state index is 0.0301. The van der Waals surface area contributed by atoms with Crippen molar-refractivity contribution in [2.75, 3.05) is 40.3 Å². The molecule has 0 aromatic heterocycles. The van der Waals surface area contributed by atoms with Crippen LogP contribution in [0.4, 0.5) is 0 Å². The van der Waals surface area contributed by atoms with Gasteiger partial charge in [0, 0.05) is 25.9 Å². The van der Waals surface area contributed by atoms with Gasteiger partial charge in [0.2, 0.25) is 0 Å². The first-order valence-electron chi connectivity index (χ1n) is 22.6. The molecule has 0 spiro atoms. The molecule has 51 heavy (non-hydrogen) atoms. The normalized spacial score (nSPS) is 12.9. The summed E-state index contributed by atoms with van der Waals surface area (Å²) in [4.78, 5) is 31.0. The third kappa shape index (κ3) is 35.6. The zero-order valence-corrected chi connectivity index (χ0v) is 35.4. The molecule has 0 saturated heterocycles. The van der Waals surface area contributed by atoms with Crippen LogP contribution in [-0.2, 0) is 19.1 Å². The molecule has 0 aromatic rings. The molecule has 0 fully saturated rings. The first-order chi connectivity index (χ1) is 24.9. The molecular weight excluding hydrogens is 633 g/mol. The molecule has 6 nitrogen and oxygen atoms in total. The molecule has 0 aliphatic heterocycles. The molecule has 2 atom stereocenters. The van der Waals surface area contributed by atoms with Crippen LogP contribution in [0.5, 0.6) is 0 Å². The highest BCUT2D eigenvalue weighted by Crippen LogP contribution is 2.18. The summed E-state index contributed by atoms with van der Waals surface area (Å²) in [6.45, 7) is 12.4. The fourth-order valence-corrected chi connectivity index (χ4v) is 7.07. The molecule has 0 aliphatic carbocycles. The van der Waals surface area contributed by atoms with E-state index < -0.39 is 0 Å². The second-order valence-electron chi connectivity index (χ2n) is 16.0. The summed E-state index contributed by atoms with van der Waals surface area (Å²) < 4.78 is 12.6. The summed E-state index contributed by atoms with van der Waals surface area (Å²) in [6.07, 6.45) is 35.3. The second-order valence-corrected chi connectivity index (χ2v) is 16.0. The summed E-state index contributed by atoms with van der Waals surface area (Å²) in [5, 5.41) is 0. The van der Waals surface area contributed by atoms with E-state index in [2.05, 4.69) is 51.6 Å². The fourth-order valence-electron chi connectivity index (χ4n) is 7.07. The Morgan fingerprint density at radius 3 is 1.06 bits per heavy atom. The number of nitrogens with zero attached hydrogens (tertiary/aromatic N) is 2. The SMILES string of the molecule is CCCCCCCCCC(=O)OC(CCCCCCCC)CN(CCCN(C)C)CC(CCCCCCCC)OC(=O)CCCCCCCCC. The van der Waals surface area contributed by atoms with Gasteiger partial charge >= 0.3 is 11.9 Å². The van der Waals surface area contributed by atoms with Crippen molar-refractivity contribution in [2.45, 2.75) is 239 Å². The average molecular weight is 723 g/mol. The number of hydrogen-bond acceptors (Lipinski definition) is 6. The zero-order chi connectivity index (χ0) is 37.6. The van der Waals surface area contributed by atoms with Crippen LogP contribution in [-0.4, -0.2) is 74.2 Å². The maximum atomic E-state index is 13.1. The summed E-state index contributed by atoms with van der Waals surface area (Å²) in [5.74, 6) is -0.0601. The maximum absolute atomic E-state index is 13.1. The van der Waals surface area contributed by atoms with Gasteiger partial charge in [0.25, 0.3) is 0 Å². The lowest BCUT2D eigenvalue weighted by atomic mass is 10.0. The van der Waals surface area contributed by atoms with Gasteiger partial charge in [-0.05, 0) is 72.1 Å². The van der Waals surface area contributed by atoms with Crippen molar-refractivity contribution in [3.63, 3.8) is 0 Å². The fraction of sp³-hybridized carbons (Fsp3) is 0.956. The van der Waals surface area contributed by atoms with Gasteiger partial charge in [0.05, 0.1) is 0 Å². The third-order valence-corrected chi connectivity index (χ3v) is 10.3. The van der Waals surface area contributed by atoms with E-state index in [1.165, 1.54) is 128 Å². The summed E-state index contributed by atoms with van der Waals surface area (Å²) in [6, 6.07) is 0. The monoisotopic (exact) mass is 723 g/mol. The Morgan fingerprint density at radius 2 is 0.725 bits per heavy atom. The minimum atomic E-state index is -0.106. The van der Waals surface area contributed by atoms with E-state index in [0.29, 0.717) is 12.8 Å². The van der Waals surface area contributed by atoms with Gasteiger partial charge in [-0.3, -0.25) is 14.5 Å². The predicted octanol–water partition coefficient (Wildman–Crippen LogP) is 12.8. The van der Waals surface area contributed by atoms with Gasteiger partial charge in [-0.2, -0.15) is 0 Å². The predicted molar refractivity (Wildman–Crippen MR) is 221 cm³/mol. The highest BCUT2D eigenvalue weighted by molar-refractivity contribution is 5.69. The van der Waals surface area contributed by atoms with E-state index in [0.717, 1.165) is 84.0 Å². The van der Waals surface area contributed by atoms with Crippen molar-refractivity contribution in [2.24, 2.45) is 0 Å². The van der Waals surface area contributed by atoms with Crippen LogP contribution in [0, 0.1) is 0 Å². The van der Waals surface area contributed by atoms with Crippen molar-refractivity contribution in [1.82, 2.24) is 9.80 Å². The lowest BCUT2D eigenvalue weighted by molar-refractivity contribution is -0.152. The molecule has 2 unspecified atom stereocenters. The molecule has 0 N–H and O–H groups in total. The van der Waals surface area contributed by atoms with Crippen molar-refractivity contribution in [1.29, 1.82) is 0 Å². The van der Waals surface area contributed by atoms with Crippen LogP contribution in [0.15, 0.2) is 0 Å². The van der Waals surface area contributed by atoms with Crippen molar-refractivity contribution < 1.29 is 19.1 Å². The number of ether oxygens (including phenoxy) is 2. The van der Waals surface area contributed by atoms with Crippen molar-refractivity contribution >= 4 is 11.9 Å². The van der Waals surface area contributed by atoms with E-state index in [4.69, 9.17) is 9.47 Å². The van der Waals surface area contributed by atoms with Gasteiger partial charge < -0.3 is 14.4 Å². The van der Waals surface area contributed by atoms with Gasteiger partial charge in [-0.1, -0.05) is 169 Å². The Balaban J connectivity index is 5.52. The molecule has 0 aliphatic rings. The quantitative estimate of drug-likeness (QED) is 0.0463. The number of unbranched alkanes of at least 4 members (excludes halogenated alkanes) is 22. The van der Waals surface area contributed by atoms with E-state index in [1.807, 2.05) is 0 Å². The van der Waals surface area contributed by atoms with Gasteiger partial charge in [0.1, 0.15) is 12.2 Å². The van der Waals surface area contributed by atoms with Crippen LogP contribution in [0.25, 0.3) is 0 Å². The van der Waals surface area contributed by atoms with Crippen LogP contribution < -0.4 is 0 Å². The topological polar surface area (TPSA) is 59.1 Å².